The lowest BCUT2D eigenvalue weighted by molar-refractivity contribution is -0.0850. The van der Waals surface area contributed by atoms with Gasteiger partial charge in [0, 0.05) is 19.6 Å². The molecule has 0 aromatic rings. The molecule has 1 saturated heterocycles. The maximum Gasteiger partial charge on any atom is 0.191 e. The summed E-state index contributed by atoms with van der Waals surface area (Å²) in [5, 5.41) is 6.56. The Hall–Kier alpha value is -0.0800. The Kier molecular flexibility index (Phi) is 7.92. The Balaban J connectivity index is 0.00000162. The van der Waals surface area contributed by atoms with Crippen molar-refractivity contribution in [1.82, 2.24) is 10.6 Å². The summed E-state index contributed by atoms with van der Waals surface area (Å²) in [7, 11) is 0. The van der Waals surface area contributed by atoms with Crippen LogP contribution in [0.15, 0.2) is 4.99 Å². The molecular weight excluding hydrogens is 345 g/mol. The Labute approximate surface area is 126 Å². The van der Waals surface area contributed by atoms with Crippen molar-refractivity contribution in [2.45, 2.75) is 25.9 Å². The molecule has 5 nitrogen and oxygen atoms in total. The van der Waals surface area contributed by atoms with Gasteiger partial charge in [-0.05, 0) is 25.7 Å². The van der Waals surface area contributed by atoms with Gasteiger partial charge in [-0.3, -0.25) is 4.99 Å². The molecule has 0 amide bonds. The van der Waals surface area contributed by atoms with Crippen molar-refractivity contribution >= 4 is 29.9 Å². The Bertz CT molecular complexity index is 254. The van der Waals surface area contributed by atoms with E-state index in [-0.39, 0.29) is 30.1 Å². The number of hydrogen-bond acceptors (Lipinski definition) is 3. The van der Waals surface area contributed by atoms with Crippen molar-refractivity contribution in [3.05, 3.63) is 0 Å². The predicted molar refractivity (Wildman–Crippen MR) is 82.7 cm³/mol. The zero-order chi connectivity index (χ0) is 11.9. The first-order chi connectivity index (χ1) is 8.38. The van der Waals surface area contributed by atoms with Gasteiger partial charge in [0.05, 0.1) is 25.9 Å². The van der Waals surface area contributed by atoms with Crippen LogP contribution >= 0.6 is 24.0 Å². The molecule has 1 aliphatic carbocycles. The molecule has 18 heavy (non-hydrogen) atoms. The van der Waals surface area contributed by atoms with Gasteiger partial charge >= 0.3 is 0 Å². The van der Waals surface area contributed by atoms with Crippen molar-refractivity contribution in [2.24, 2.45) is 10.9 Å². The average molecular weight is 369 g/mol. The van der Waals surface area contributed by atoms with E-state index in [0.29, 0.717) is 19.8 Å². The largest absolute Gasteiger partial charge is 0.376 e. The zero-order valence-electron chi connectivity index (χ0n) is 11.0. The fourth-order valence-corrected chi connectivity index (χ4v) is 1.73. The van der Waals surface area contributed by atoms with Gasteiger partial charge in [-0.15, -0.1) is 24.0 Å². The van der Waals surface area contributed by atoms with Gasteiger partial charge in [-0.1, -0.05) is 0 Å². The highest BCUT2D eigenvalue weighted by molar-refractivity contribution is 14.0. The molecule has 6 heteroatoms. The van der Waals surface area contributed by atoms with E-state index in [9.17, 15) is 0 Å². The molecule has 2 fully saturated rings. The highest BCUT2D eigenvalue weighted by atomic mass is 127. The molecule has 0 aromatic heterocycles. The number of aliphatic imine (C=N–C) groups is 1. The van der Waals surface area contributed by atoms with E-state index < -0.39 is 0 Å². The summed E-state index contributed by atoms with van der Waals surface area (Å²) in [5.41, 5.74) is 0. The van der Waals surface area contributed by atoms with Crippen LogP contribution in [0, 0.1) is 5.92 Å². The lowest BCUT2D eigenvalue weighted by atomic mass is 10.3. The smallest absolute Gasteiger partial charge is 0.191 e. The summed E-state index contributed by atoms with van der Waals surface area (Å²) in [6.07, 6.45) is 2.82. The predicted octanol–water partition coefficient (Wildman–Crippen LogP) is 0.985. The van der Waals surface area contributed by atoms with Gasteiger partial charge in [0.2, 0.25) is 0 Å². The van der Waals surface area contributed by atoms with Crippen LogP contribution in [0.25, 0.3) is 0 Å². The van der Waals surface area contributed by atoms with Crippen molar-refractivity contribution in [1.29, 1.82) is 0 Å². The van der Waals surface area contributed by atoms with Crippen molar-refractivity contribution in [3.63, 3.8) is 0 Å². The van der Waals surface area contributed by atoms with E-state index in [1.807, 2.05) is 0 Å². The lowest BCUT2D eigenvalue weighted by Crippen LogP contribution is -2.44. The lowest BCUT2D eigenvalue weighted by Gasteiger charge is -2.24. The highest BCUT2D eigenvalue weighted by Gasteiger charge is 2.21. The molecule has 2 N–H and O–H groups in total. The normalized spacial score (nSPS) is 24.3. The maximum atomic E-state index is 5.57. The van der Waals surface area contributed by atoms with Crippen LogP contribution in [0.1, 0.15) is 19.8 Å². The molecule has 2 rings (SSSR count). The second kappa shape index (κ2) is 8.92. The number of nitrogens with one attached hydrogen (secondary N) is 2. The molecule has 0 aromatic carbocycles. The fraction of sp³-hybridized carbons (Fsp3) is 0.917. The first kappa shape index (κ1) is 16.0. The van der Waals surface area contributed by atoms with Gasteiger partial charge in [-0.25, -0.2) is 0 Å². The summed E-state index contributed by atoms with van der Waals surface area (Å²) in [4.78, 5) is 4.56. The summed E-state index contributed by atoms with van der Waals surface area (Å²) < 4.78 is 10.9. The van der Waals surface area contributed by atoms with Crippen LogP contribution in [-0.4, -0.2) is 51.5 Å². The molecule has 1 heterocycles. The van der Waals surface area contributed by atoms with E-state index in [4.69, 9.17) is 9.47 Å². The fourth-order valence-electron chi connectivity index (χ4n) is 1.73. The minimum Gasteiger partial charge on any atom is -0.376 e. The summed E-state index contributed by atoms with van der Waals surface area (Å²) in [6.45, 7) is 6.75. The maximum absolute atomic E-state index is 5.57. The third-order valence-corrected chi connectivity index (χ3v) is 2.93. The van der Waals surface area contributed by atoms with Crippen LogP contribution < -0.4 is 10.6 Å². The SMILES string of the molecule is CCNC(=NCC1CC1)NCC1COCCO1.I. The third-order valence-electron chi connectivity index (χ3n) is 2.93. The molecule has 0 radical (unpaired) electrons. The quantitative estimate of drug-likeness (QED) is 0.431. The number of guanidine groups is 1. The van der Waals surface area contributed by atoms with Gasteiger partial charge < -0.3 is 20.1 Å². The molecular formula is C12H24IN3O2. The average Bonchev–Trinajstić information content (AvgIpc) is 3.18. The van der Waals surface area contributed by atoms with E-state index >= 15 is 0 Å². The summed E-state index contributed by atoms with van der Waals surface area (Å²) in [5.74, 6) is 1.72. The van der Waals surface area contributed by atoms with Crippen molar-refractivity contribution < 1.29 is 9.47 Å². The topological polar surface area (TPSA) is 54.9 Å². The zero-order valence-corrected chi connectivity index (χ0v) is 13.3. The molecule has 1 aliphatic heterocycles. The van der Waals surface area contributed by atoms with E-state index in [0.717, 1.165) is 31.5 Å². The minimum atomic E-state index is 0. The van der Waals surface area contributed by atoms with Gasteiger partial charge in [0.15, 0.2) is 5.96 Å². The number of nitrogens with zero attached hydrogens (tertiary/aromatic N) is 1. The minimum absolute atomic E-state index is 0. The van der Waals surface area contributed by atoms with Crippen LogP contribution in [0.2, 0.25) is 0 Å². The monoisotopic (exact) mass is 369 g/mol. The van der Waals surface area contributed by atoms with Gasteiger partial charge in [0.1, 0.15) is 0 Å². The molecule has 1 unspecified atom stereocenters. The van der Waals surface area contributed by atoms with Crippen LogP contribution in [0.4, 0.5) is 0 Å². The molecule has 1 atom stereocenters. The molecule has 2 aliphatic rings. The number of halogens is 1. The van der Waals surface area contributed by atoms with Gasteiger partial charge in [-0.2, -0.15) is 0 Å². The second-order valence-electron chi connectivity index (χ2n) is 4.61. The first-order valence-electron chi connectivity index (χ1n) is 6.60. The van der Waals surface area contributed by atoms with E-state index in [1.54, 1.807) is 0 Å². The Morgan fingerprint density at radius 1 is 1.28 bits per heavy atom. The number of rotatable bonds is 5. The Morgan fingerprint density at radius 2 is 2.11 bits per heavy atom. The molecule has 0 spiro atoms. The summed E-state index contributed by atoms with van der Waals surface area (Å²) >= 11 is 0. The van der Waals surface area contributed by atoms with Crippen LogP contribution in [0.5, 0.6) is 0 Å². The second-order valence-corrected chi connectivity index (χ2v) is 4.61. The highest BCUT2D eigenvalue weighted by Crippen LogP contribution is 2.28. The first-order valence-corrected chi connectivity index (χ1v) is 6.60. The van der Waals surface area contributed by atoms with Crippen LogP contribution in [-0.2, 0) is 9.47 Å². The molecule has 1 saturated carbocycles. The van der Waals surface area contributed by atoms with Gasteiger partial charge in [0.25, 0.3) is 0 Å². The summed E-state index contributed by atoms with van der Waals surface area (Å²) in [6, 6.07) is 0. The standard InChI is InChI=1S/C12H23N3O2.HI/c1-2-13-12(14-7-10-3-4-10)15-8-11-9-16-5-6-17-11;/h10-11H,2-9H2,1H3,(H2,13,14,15);1H. The van der Waals surface area contributed by atoms with Crippen molar-refractivity contribution in [3.8, 4) is 0 Å². The van der Waals surface area contributed by atoms with Crippen molar-refractivity contribution in [2.75, 3.05) is 39.5 Å². The van der Waals surface area contributed by atoms with E-state index in [2.05, 4.69) is 22.5 Å². The third kappa shape index (κ3) is 6.19. The number of hydrogen-bond donors (Lipinski definition) is 2. The molecule has 106 valence electrons. The Morgan fingerprint density at radius 3 is 2.72 bits per heavy atom. The van der Waals surface area contributed by atoms with Crippen LogP contribution in [0.3, 0.4) is 0 Å². The van der Waals surface area contributed by atoms with E-state index in [1.165, 1.54) is 12.8 Å². The number of ether oxygens (including phenoxy) is 2. The molecule has 0 bridgehead atoms.